The largest absolute Gasteiger partial charge is 0.306 e. The van der Waals surface area contributed by atoms with E-state index in [2.05, 4.69) is 21.9 Å². The summed E-state index contributed by atoms with van der Waals surface area (Å²) in [5, 5.41) is 0. The molecular formula is C10H15N3. The van der Waals surface area contributed by atoms with Crippen molar-refractivity contribution in [2.45, 2.75) is 18.8 Å². The highest BCUT2D eigenvalue weighted by atomic mass is 15.1. The van der Waals surface area contributed by atoms with E-state index in [0.29, 0.717) is 5.92 Å². The van der Waals surface area contributed by atoms with E-state index >= 15 is 0 Å². The minimum Gasteiger partial charge on any atom is -0.306 e. The van der Waals surface area contributed by atoms with Crippen molar-refractivity contribution in [1.82, 2.24) is 14.9 Å². The molecular weight excluding hydrogens is 162 g/mol. The quantitative estimate of drug-likeness (QED) is 0.647. The molecule has 0 spiro atoms. The van der Waals surface area contributed by atoms with E-state index in [1.54, 1.807) is 12.4 Å². The molecule has 0 aromatic carbocycles. The highest BCUT2D eigenvalue weighted by molar-refractivity contribution is 5.04. The van der Waals surface area contributed by atoms with Crippen LogP contribution in [0.1, 0.15) is 24.5 Å². The number of hydrogen-bond acceptors (Lipinski definition) is 3. The van der Waals surface area contributed by atoms with Crippen LogP contribution in [0.4, 0.5) is 0 Å². The summed E-state index contributed by atoms with van der Waals surface area (Å²) in [4.78, 5) is 10.8. The summed E-state index contributed by atoms with van der Waals surface area (Å²) in [7, 11) is 2.17. The Balaban J connectivity index is 2.03. The smallest absolute Gasteiger partial charge is 0.0618 e. The summed E-state index contributed by atoms with van der Waals surface area (Å²) in [6.07, 6.45) is 7.85. The molecule has 1 saturated heterocycles. The summed E-state index contributed by atoms with van der Waals surface area (Å²) in [5.41, 5.74) is 1.16. The predicted molar refractivity (Wildman–Crippen MR) is 51.5 cm³/mol. The minimum absolute atomic E-state index is 0.630. The molecule has 1 aliphatic rings. The second-order valence-electron chi connectivity index (χ2n) is 3.71. The van der Waals surface area contributed by atoms with Crippen molar-refractivity contribution in [1.29, 1.82) is 0 Å². The highest BCUT2D eigenvalue weighted by Crippen LogP contribution is 2.24. The second kappa shape index (κ2) is 3.83. The fraction of sp³-hybridized carbons (Fsp3) is 0.600. The van der Waals surface area contributed by atoms with Crippen LogP contribution in [0.5, 0.6) is 0 Å². The monoisotopic (exact) mass is 177 g/mol. The molecule has 0 radical (unpaired) electrons. The fourth-order valence-corrected chi connectivity index (χ4v) is 1.83. The summed E-state index contributed by atoms with van der Waals surface area (Å²) >= 11 is 0. The maximum absolute atomic E-state index is 4.35. The van der Waals surface area contributed by atoms with Gasteiger partial charge in [-0.25, -0.2) is 0 Å². The van der Waals surface area contributed by atoms with E-state index in [1.807, 2.05) is 6.20 Å². The molecule has 1 aromatic heterocycles. The van der Waals surface area contributed by atoms with Gasteiger partial charge in [-0.15, -0.1) is 0 Å². The minimum atomic E-state index is 0.630. The van der Waals surface area contributed by atoms with Crippen LogP contribution in [-0.4, -0.2) is 35.0 Å². The summed E-state index contributed by atoms with van der Waals surface area (Å²) in [6, 6.07) is 0. The fourth-order valence-electron chi connectivity index (χ4n) is 1.83. The average molecular weight is 177 g/mol. The van der Waals surface area contributed by atoms with E-state index in [1.165, 1.54) is 25.9 Å². The van der Waals surface area contributed by atoms with E-state index in [9.17, 15) is 0 Å². The lowest BCUT2D eigenvalue weighted by Gasteiger charge is -2.28. The van der Waals surface area contributed by atoms with Gasteiger partial charge in [-0.1, -0.05) is 0 Å². The number of rotatable bonds is 1. The van der Waals surface area contributed by atoms with Crippen molar-refractivity contribution in [3.63, 3.8) is 0 Å². The first-order chi connectivity index (χ1) is 6.36. The lowest BCUT2D eigenvalue weighted by molar-refractivity contribution is 0.253. The van der Waals surface area contributed by atoms with Crippen LogP contribution >= 0.6 is 0 Å². The van der Waals surface area contributed by atoms with Gasteiger partial charge in [0.15, 0.2) is 0 Å². The van der Waals surface area contributed by atoms with Gasteiger partial charge in [0.1, 0.15) is 0 Å². The van der Waals surface area contributed by atoms with Crippen LogP contribution in [0.15, 0.2) is 18.6 Å². The molecule has 3 nitrogen and oxygen atoms in total. The van der Waals surface area contributed by atoms with Gasteiger partial charge < -0.3 is 4.90 Å². The SMILES string of the molecule is CN1CCC(c2cnccn2)CC1. The normalized spacial score (nSPS) is 20.4. The Bertz CT molecular complexity index is 252. The Labute approximate surface area is 78.8 Å². The maximum atomic E-state index is 4.35. The van der Waals surface area contributed by atoms with Crippen molar-refractivity contribution in [2.24, 2.45) is 0 Å². The van der Waals surface area contributed by atoms with Crippen molar-refractivity contribution >= 4 is 0 Å². The third-order valence-electron chi connectivity index (χ3n) is 2.72. The zero-order valence-electron chi connectivity index (χ0n) is 7.98. The molecule has 0 bridgehead atoms. The summed E-state index contributed by atoms with van der Waals surface area (Å²) < 4.78 is 0. The lowest BCUT2D eigenvalue weighted by Crippen LogP contribution is -2.29. The number of aromatic nitrogens is 2. The van der Waals surface area contributed by atoms with E-state index in [4.69, 9.17) is 0 Å². The van der Waals surface area contributed by atoms with Gasteiger partial charge >= 0.3 is 0 Å². The van der Waals surface area contributed by atoms with Crippen molar-refractivity contribution in [3.05, 3.63) is 24.3 Å². The summed E-state index contributed by atoms with van der Waals surface area (Å²) in [5.74, 6) is 0.630. The molecule has 2 rings (SSSR count). The molecule has 1 aromatic rings. The first-order valence-electron chi connectivity index (χ1n) is 4.81. The first-order valence-corrected chi connectivity index (χ1v) is 4.81. The highest BCUT2D eigenvalue weighted by Gasteiger charge is 2.18. The van der Waals surface area contributed by atoms with Gasteiger partial charge in [-0.05, 0) is 33.0 Å². The van der Waals surface area contributed by atoms with Gasteiger partial charge in [0.25, 0.3) is 0 Å². The molecule has 1 fully saturated rings. The van der Waals surface area contributed by atoms with Gasteiger partial charge in [-0.3, -0.25) is 9.97 Å². The van der Waals surface area contributed by atoms with Crippen molar-refractivity contribution < 1.29 is 0 Å². The molecule has 1 aliphatic heterocycles. The van der Waals surface area contributed by atoms with Gasteiger partial charge in [-0.2, -0.15) is 0 Å². The van der Waals surface area contributed by atoms with Crippen LogP contribution < -0.4 is 0 Å². The van der Waals surface area contributed by atoms with Crippen molar-refractivity contribution in [3.8, 4) is 0 Å². The van der Waals surface area contributed by atoms with E-state index in [-0.39, 0.29) is 0 Å². The standard InChI is InChI=1S/C10H15N3/c1-13-6-2-9(3-7-13)10-8-11-4-5-12-10/h4-5,8-9H,2-3,6-7H2,1H3. The molecule has 2 heterocycles. The maximum Gasteiger partial charge on any atom is 0.0618 e. The molecule has 13 heavy (non-hydrogen) atoms. The van der Waals surface area contributed by atoms with Crippen LogP contribution in [0, 0.1) is 0 Å². The zero-order valence-corrected chi connectivity index (χ0v) is 7.98. The van der Waals surface area contributed by atoms with Crippen LogP contribution in [0.2, 0.25) is 0 Å². The van der Waals surface area contributed by atoms with Crippen LogP contribution in [-0.2, 0) is 0 Å². The molecule has 0 aliphatic carbocycles. The van der Waals surface area contributed by atoms with Gasteiger partial charge in [0.05, 0.1) is 5.69 Å². The summed E-state index contributed by atoms with van der Waals surface area (Å²) in [6.45, 7) is 2.36. The Morgan fingerprint density at radius 3 is 2.69 bits per heavy atom. The molecule has 0 atom stereocenters. The Hall–Kier alpha value is -0.960. The van der Waals surface area contributed by atoms with Gasteiger partial charge in [0.2, 0.25) is 0 Å². The Morgan fingerprint density at radius 2 is 2.08 bits per heavy atom. The molecule has 0 N–H and O–H groups in total. The number of piperidine rings is 1. The molecule has 3 heteroatoms. The number of likely N-dealkylation sites (tertiary alicyclic amines) is 1. The second-order valence-corrected chi connectivity index (χ2v) is 3.71. The molecule has 0 unspecified atom stereocenters. The number of nitrogens with zero attached hydrogens (tertiary/aromatic N) is 3. The lowest BCUT2D eigenvalue weighted by atomic mass is 9.94. The van der Waals surface area contributed by atoms with Crippen LogP contribution in [0.25, 0.3) is 0 Å². The molecule has 0 saturated carbocycles. The zero-order chi connectivity index (χ0) is 9.10. The average Bonchev–Trinajstić information content (AvgIpc) is 2.20. The third-order valence-corrected chi connectivity index (χ3v) is 2.72. The van der Waals surface area contributed by atoms with E-state index < -0.39 is 0 Å². The Morgan fingerprint density at radius 1 is 1.31 bits per heavy atom. The molecule has 0 amide bonds. The third kappa shape index (κ3) is 2.04. The van der Waals surface area contributed by atoms with Gasteiger partial charge in [0, 0.05) is 24.5 Å². The Kier molecular flexibility index (Phi) is 2.54. The number of hydrogen-bond donors (Lipinski definition) is 0. The topological polar surface area (TPSA) is 29.0 Å². The molecule has 70 valence electrons. The predicted octanol–water partition coefficient (Wildman–Crippen LogP) is 1.29. The van der Waals surface area contributed by atoms with Crippen LogP contribution in [0.3, 0.4) is 0 Å². The first kappa shape index (κ1) is 8.63. The van der Waals surface area contributed by atoms with Crippen molar-refractivity contribution in [2.75, 3.05) is 20.1 Å². The van der Waals surface area contributed by atoms with E-state index in [0.717, 1.165) is 5.69 Å².